The average molecular weight is 400 g/mol. The Labute approximate surface area is 168 Å². The topological polar surface area (TPSA) is 45.2 Å². The lowest BCUT2D eigenvalue weighted by Crippen LogP contribution is -2.43. The maximum atomic E-state index is 12.7. The number of hydrogen-bond donors (Lipinski definition) is 1. The van der Waals surface area contributed by atoms with Gasteiger partial charge >= 0.3 is 0 Å². The molecule has 1 aliphatic rings. The van der Waals surface area contributed by atoms with Crippen molar-refractivity contribution in [1.29, 1.82) is 0 Å². The van der Waals surface area contributed by atoms with E-state index in [1.165, 1.54) is 15.0 Å². The van der Waals surface area contributed by atoms with Crippen LogP contribution in [0.3, 0.4) is 0 Å². The van der Waals surface area contributed by atoms with Crippen molar-refractivity contribution in [2.24, 2.45) is 5.92 Å². The largest absolute Gasteiger partial charge is 0.355 e. The Bertz CT molecular complexity index is 971. The lowest BCUT2D eigenvalue weighted by Gasteiger charge is -2.33. The van der Waals surface area contributed by atoms with Gasteiger partial charge in [-0.1, -0.05) is 23.7 Å². The van der Waals surface area contributed by atoms with Crippen molar-refractivity contribution in [3.05, 3.63) is 58.1 Å². The average Bonchev–Trinajstić information content (AvgIpc) is 3.06. The number of aryl methyl sites for hydroxylation is 1. The number of anilines is 1. The van der Waals surface area contributed by atoms with Crippen LogP contribution in [0, 0.1) is 12.8 Å². The van der Waals surface area contributed by atoms with E-state index in [0.717, 1.165) is 30.8 Å². The molecule has 0 aliphatic carbocycles. The summed E-state index contributed by atoms with van der Waals surface area (Å²) in [6.07, 6.45) is 3.78. The van der Waals surface area contributed by atoms with Gasteiger partial charge in [0.1, 0.15) is 5.82 Å². The molecule has 1 aliphatic heterocycles. The van der Waals surface area contributed by atoms with Crippen LogP contribution >= 0.6 is 22.9 Å². The van der Waals surface area contributed by atoms with Gasteiger partial charge in [-0.05, 0) is 49.6 Å². The third kappa shape index (κ3) is 4.09. The van der Waals surface area contributed by atoms with Crippen molar-refractivity contribution in [1.82, 2.24) is 10.3 Å². The summed E-state index contributed by atoms with van der Waals surface area (Å²) >= 11 is 7.81. The minimum atomic E-state index is -0.0188. The summed E-state index contributed by atoms with van der Waals surface area (Å²) in [5.74, 6) is 1.09. The summed E-state index contributed by atoms with van der Waals surface area (Å²) < 4.78 is 1.25. The number of piperidine rings is 1. The standard InChI is InChI=1S/C21H22ClN3OS/c1-14-10-18-19(27-14)7-8-23-20(18)25-9-3-5-16(13-25)21(26)24-12-15-4-2-6-17(22)11-15/h2,4,6-8,10-11,16H,3,5,9,12-13H2,1H3,(H,24,26)/t16-/m0/s1. The highest BCUT2D eigenvalue weighted by molar-refractivity contribution is 7.19. The van der Waals surface area contributed by atoms with Crippen molar-refractivity contribution in [3.8, 4) is 0 Å². The van der Waals surface area contributed by atoms with Gasteiger partial charge < -0.3 is 10.2 Å². The fourth-order valence-electron chi connectivity index (χ4n) is 3.69. The lowest BCUT2D eigenvalue weighted by molar-refractivity contribution is -0.125. The number of hydrogen-bond acceptors (Lipinski definition) is 4. The molecule has 0 radical (unpaired) electrons. The van der Waals surface area contributed by atoms with Crippen LogP contribution in [0.15, 0.2) is 42.6 Å². The molecule has 0 bridgehead atoms. The first-order valence-corrected chi connectivity index (χ1v) is 10.4. The number of pyridine rings is 1. The van der Waals surface area contributed by atoms with Crippen molar-refractivity contribution in [3.63, 3.8) is 0 Å². The van der Waals surface area contributed by atoms with E-state index in [4.69, 9.17) is 11.6 Å². The molecule has 27 heavy (non-hydrogen) atoms. The van der Waals surface area contributed by atoms with E-state index >= 15 is 0 Å². The van der Waals surface area contributed by atoms with E-state index < -0.39 is 0 Å². The van der Waals surface area contributed by atoms with Crippen molar-refractivity contribution in [2.45, 2.75) is 26.3 Å². The van der Waals surface area contributed by atoms with Gasteiger partial charge in [0.25, 0.3) is 0 Å². The Hall–Kier alpha value is -2.11. The fraction of sp³-hybridized carbons (Fsp3) is 0.333. The number of aromatic nitrogens is 1. The number of nitrogens with one attached hydrogen (secondary N) is 1. The molecular weight excluding hydrogens is 378 g/mol. The van der Waals surface area contributed by atoms with Gasteiger partial charge in [0.05, 0.1) is 5.92 Å². The lowest BCUT2D eigenvalue weighted by atomic mass is 9.96. The highest BCUT2D eigenvalue weighted by atomic mass is 35.5. The number of thiophene rings is 1. The smallest absolute Gasteiger partial charge is 0.225 e. The highest BCUT2D eigenvalue weighted by Crippen LogP contribution is 2.33. The molecule has 4 nitrogen and oxygen atoms in total. The first-order chi connectivity index (χ1) is 13.1. The predicted molar refractivity (Wildman–Crippen MR) is 113 cm³/mol. The van der Waals surface area contributed by atoms with E-state index in [1.807, 2.05) is 30.5 Å². The molecule has 140 valence electrons. The van der Waals surface area contributed by atoms with Crippen LogP contribution in [-0.4, -0.2) is 24.0 Å². The number of fused-ring (bicyclic) bond motifs is 1. The van der Waals surface area contributed by atoms with Crippen molar-refractivity contribution in [2.75, 3.05) is 18.0 Å². The van der Waals surface area contributed by atoms with Crippen LogP contribution in [0.25, 0.3) is 10.1 Å². The van der Waals surface area contributed by atoms with Crippen LogP contribution in [-0.2, 0) is 11.3 Å². The molecule has 0 saturated carbocycles. The van der Waals surface area contributed by atoms with Crippen molar-refractivity contribution >= 4 is 44.7 Å². The Morgan fingerprint density at radius 1 is 1.37 bits per heavy atom. The molecule has 3 aromatic rings. The predicted octanol–water partition coefficient (Wildman–Crippen LogP) is 4.79. The third-order valence-electron chi connectivity index (χ3n) is 5.00. The second-order valence-electron chi connectivity index (χ2n) is 7.04. The molecule has 1 amide bonds. The molecule has 1 saturated heterocycles. The SMILES string of the molecule is Cc1cc2c(N3CCC[C@H](C(=O)NCc4cccc(Cl)c4)C3)nccc2s1. The third-order valence-corrected chi connectivity index (χ3v) is 6.25. The Balaban J connectivity index is 1.45. The normalized spacial score (nSPS) is 17.3. The van der Waals surface area contributed by atoms with E-state index in [9.17, 15) is 4.79 Å². The Kier molecular flexibility index (Phi) is 5.32. The van der Waals surface area contributed by atoms with Crippen LogP contribution in [0.1, 0.15) is 23.3 Å². The first kappa shape index (κ1) is 18.3. The van der Waals surface area contributed by atoms with Gasteiger partial charge in [-0.3, -0.25) is 4.79 Å². The summed E-state index contributed by atoms with van der Waals surface area (Å²) in [5.41, 5.74) is 1.02. The monoisotopic (exact) mass is 399 g/mol. The van der Waals surface area contributed by atoms with Crippen molar-refractivity contribution < 1.29 is 4.79 Å². The quantitative estimate of drug-likeness (QED) is 0.685. The molecule has 1 aromatic carbocycles. The maximum absolute atomic E-state index is 12.7. The van der Waals surface area contributed by atoms with Gasteiger partial charge in [0.2, 0.25) is 5.91 Å². The van der Waals surface area contributed by atoms with Gasteiger partial charge in [0.15, 0.2) is 0 Å². The zero-order chi connectivity index (χ0) is 18.8. The molecule has 2 aromatic heterocycles. The number of rotatable bonds is 4. The maximum Gasteiger partial charge on any atom is 0.225 e. The molecule has 1 atom stereocenters. The Morgan fingerprint density at radius 3 is 3.11 bits per heavy atom. The van der Waals surface area contributed by atoms with Crippen LogP contribution in [0.5, 0.6) is 0 Å². The minimum absolute atomic E-state index is 0.0188. The molecular formula is C21H22ClN3OS. The number of nitrogens with zero attached hydrogens (tertiary/aromatic N) is 2. The van der Waals surface area contributed by atoms with E-state index in [0.29, 0.717) is 18.1 Å². The van der Waals surface area contributed by atoms with Gasteiger partial charge in [0, 0.05) is 45.8 Å². The minimum Gasteiger partial charge on any atom is -0.355 e. The zero-order valence-electron chi connectivity index (χ0n) is 15.2. The molecule has 4 rings (SSSR count). The fourth-order valence-corrected chi connectivity index (χ4v) is 4.82. The summed E-state index contributed by atoms with van der Waals surface area (Å²) in [5, 5.41) is 4.95. The van der Waals surface area contributed by atoms with Crippen LogP contribution < -0.4 is 10.2 Å². The van der Waals surface area contributed by atoms with Gasteiger partial charge in [-0.2, -0.15) is 0 Å². The van der Waals surface area contributed by atoms with Crippen LogP contribution in [0.4, 0.5) is 5.82 Å². The summed E-state index contributed by atoms with van der Waals surface area (Å²) in [6, 6.07) is 11.9. The number of amides is 1. The second-order valence-corrected chi connectivity index (χ2v) is 8.76. The number of carbonyl (C=O) groups excluding carboxylic acids is 1. The molecule has 0 unspecified atom stereocenters. The molecule has 6 heteroatoms. The first-order valence-electron chi connectivity index (χ1n) is 9.22. The van der Waals surface area contributed by atoms with E-state index in [1.54, 1.807) is 11.3 Å². The Morgan fingerprint density at radius 2 is 2.26 bits per heavy atom. The molecule has 1 N–H and O–H groups in total. The zero-order valence-corrected chi connectivity index (χ0v) is 16.8. The van der Waals surface area contributed by atoms with Gasteiger partial charge in [-0.25, -0.2) is 4.98 Å². The molecule has 0 spiro atoms. The molecule has 1 fully saturated rings. The highest BCUT2D eigenvalue weighted by Gasteiger charge is 2.27. The number of benzene rings is 1. The van der Waals surface area contributed by atoms with Gasteiger partial charge in [-0.15, -0.1) is 11.3 Å². The summed E-state index contributed by atoms with van der Waals surface area (Å²) in [6.45, 7) is 4.28. The number of carbonyl (C=O) groups is 1. The summed E-state index contributed by atoms with van der Waals surface area (Å²) in [7, 11) is 0. The number of halogens is 1. The molecule has 3 heterocycles. The summed E-state index contributed by atoms with van der Waals surface area (Å²) in [4.78, 5) is 20.9. The van der Waals surface area contributed by atoms with E-state index in [2.05, 4.69) is 34.3 Å². The van der Waals surface area contributed by atoms with E-state index in [-0.39, 0.29) is 11.8 Å². The van der Waals surface area contributed by atoms with Crippen LogP contribution in [0.2, 0.25) is 5.02 Å². The second kappa shape index (κ2) is 7.87.